The van der Waals surface area contributed by atoms with E-state index in [4.69, 9.17) is 9.47 Å². The first-order valence-electron chi connectivity index (χ1n) is 9.63. The number of rotatable bonds is 5. The Morgan fingerprint density at radius 1 is 1.10 bits per heavy atom. The standard InChI is InChI=1S/C22H26FNO5S/c1-22(2,3)29-21(25)24-12-15(13-24)14-28-20-10-7-17(11-19(20)23)16-5-8-18(9-6-16)30(4,26)27/h5-11,15H,12-14H2,1-4H3. The molecule has 1 aliphatic rings. The maximum atomic E-state index is 14.5. The van der Waals surface area contributed by atoms with Crippen LogP contribution in [-0.4, -0.2) is 51.0 Å². The Labute approximate surface area is 176 Å². The van der Waals surface area contributed by atoms with Crippen molar-refractivity contribution in [2.24, 2.45) is 5.92 Å². The van der Waals surface area contributed by atoms with E-state index in [1.165, 1.54) is 18.2 Å². The van der Waals surface area contributed by atoms with Gasteiger partial charge in [0.05, 0.1) is 11.5 Å². The van der Waals surface area contributed by atoms with Gasteiger partial charge in [-0.15, -0.1) is 0 Å². The van der Waals surface area contributed by atoms with Crippen molar-refractivity contribution in [3.8, 4) is 16.9 Å². The normalized spacial score (nSPS) is 14.9. The summed E-state index contributed by atoms with van der Waals surface area (Å²) in [6.45, 7) is 6.79. The van der Waals surface area contributed by atoms with Crippen molar-refractivity contribution in [3.05, 3.63) is 48.3 Å². The van der Waals surface area contributed by atoms with Crippen molar-refractivity contribution in [2.75, 3.05) is 26.0 Å². The molecule has 0 saturated carbocycles. The fraction of sp³-hybridized carbons (Fsp3) is 0.409. The Morgan fingerprint density at radius 3 is 2.23 bits per heavy atom. The van der Waals surface area contributed by atoms with Crippen LogP contribution in [0, 0.1) is 11.7 Å². The molecule has 2 aromatic rings. The summed E-state index contributed by atoms with van der Waals surface area (Å²) in [5.74, 6) is -0.231. The Kier molecular flexibility index (Phi) is 6.08. The van der Waals surface area contributed by atoms with Gasteiger partial charge in [-0.2, -0.15) is 0 Å². The van der Waals surface area contributed by atoms with Crippen LogP contribution in [0.2, 0.25) is 0 Å². The maximum absolute atomic E-state index is 14.5. The third-order valence-electron chi connectivity index (χ3n) is 4.63. The van der Waals surface area contributed by atoms with Crippen molar-refractivity contribution in [1.29, 1.82) is 0 Å². The molecule has 0 radical (unpaired) electrons. The number of carbonyl (C=O) groups is 1. The molecule has 0 atom stereocenters. The van der Waals surface area contributed by atoms with Gasteiger partial charge >= 0.3 is 6.09 Å². The topological polar surface area (TPSA) is 72.9 Å². The van der Waals surface area contributed by atoms with Gasteiger partial charge in [0.2, 0.25) is 0 Å². The van der Waals surface area contributed by atoms with Crippen LogP contribution < -0.4 is 4.74 Å². The molecule has 0 aromatic heterocycles. The van der Waals surface area contributed by atoms with Gasteiger partial charge in [-0.05, 0) is 56.2 Å². The van der Waals surface area contributed by atoms with Crippen LogP contribution >= 0.6 is 0 Å². The summed E-state index contributed by atoms with van der Waals surface area (Å²) in [6, 6.07) is 10.9. The predicted octanol–water partition coefficient (Wildman–Crippen LogP) is 4.14. The highest BCUT2D eigenvalue weighted by atomic mass is 32.2. The van der Waals surface area contributed by atoms with E-state index in [-0.39, 0.29) is 22.7 Å². The lowest BCUT2D eigenvalue weighted by Gasteiger charge is -2.39. The van der Waals surface area contributed by atoms with Crippen molar-refractivity contribution < 1.29 is 27.1 Å². The smallest absolute Gasteiger partial charge is 0.410 e. The molecular formula is C22H26FNO5S. The van der Waals surface area contributed by atoms with Gasteiger partial charge in [-0.1, -0.05) is 18.2 Å². The Balaban J connectivity index is 1.55. The summed E-state index contributed by atoms with van der Waals surface area (Å²) in [4.78, 5) is 13.7. The molecule has 6 nitrogen and oxygen atoms in total. The minimum atomic E-state index is -3.27. The molecule has 0 bridgehead atoms. The first kappa shape index (κ1) is 22.1. The number of hydrogen-bond donors (Lipinski definition) is 0. The zero-order chi connectivity index (χ0) is 22.1. The second-order valence-electron chi connectivity index (χ2n) is 8.50. The van der Waals surface area contributed by atoms with Gasteiger partial charge in [0.15, 0.2) is 21.4 Å². The molecule has 2 aromatic carbocycles. The van der Waals surface area contributed by atoms with E-state index in [1.807, 2.05) is 20.8 Å². The zero-order valence-corrected chi connectivity index (χ0v) is 18.3. The number of amides is 1. The molecule has 0 unspecified atom stereocenters. The Morgan fingerprint density at radius 2 is 1.70 bits per heavy atom. The van der Waals surface area contributed by atoms with Gasteiger partial charge in [0, 0.05) is 25.3 Å². The minimum absolute atomic E-state index is 0.125. The highest BCUT2D eigenvalue weighted by Crippen LogP contribution is 2.28. The van der Waals surface area contributed by atoms with Gasteiger partial charge in [0.25, 0.3) is 0 Å². The minimum Gasteiger partial charge on any atom is -0.490 e. The number of ether oxygens (including phenoxy) is 2. The molecule has 1 amide bonds. The van der Waals surface area contributed by atoms with Crippen molar-refractivity contribution in [3.63, 3.8) is 0 Å². The summed E-state index contributed by atoms with van der Waals surface area (Å²) in [6.07, 6.45) is 0.791. The number of nitrogens with zero attached hydrogens (tertiary/aromatic N) is 1. The van der Waals surface area contributed by atoms with Crippen LogP contribution in [-0.2, 0) is 14.6 Å². The van der Waals surface area contributed by atoms with Crippen LogP contribution in [0.1, 0.15) is 20.8 Å². The number of hydrogen-bond acceptors (Lipinski definition) is 5. The summed E-state index contributed by atoms with van der Waals surface area (Å²) in [7, 11) is -3.27. The fourth-order valence-electron chi connectivity index (χ4n) is 3.05. The van der Waals surface area contributed by atoms with E-state index in [1.54, 1.807) is 29.2 Å². The average molecular weight is 436 g/mol. The van der Waals surface area contributed by atoms with E-state index in [2.05, 4.69) is 0 Å². The molecule has 0 aliphatic carbocycles. The lowest BCUT2D eigenvalue weighted by molar-refractivity contribution is -0.00805. The number of carbonyl (C=O) groups excluding carboxylic acids is 1. The van der Waals surface area contributed by atoms with E-state index in [0.29, 0.717) is 30.8 Å². The summed E-state index contributed by atoms with van der Waals surface area (Å²) in [5, 5.41) is 0. The van der Waals surface area contributed by atoms with Crippen LogP contribution in [0.15, 0.2) is 47.4 Å². The largest absolute Gasteiger partial charge is 0.490 e. The van der Waals surface area contributed by atoms with Gasteiger partial charge in [0.1, 0.15) is 5.60 Å². The molecule has 1 aliphatic heterocycles. The number of benzene rings is 2. The second-order valence-corrected chi connectivity index (χ2v) is 10.5. The lowest BCUT2D eigenvalue weighted by Crippen LogP contribution is -2.53. The molecule has 162 valence electrons. The van der Waals surface area contributed by atoms with Gasteiger partial charge in [-0.3, -0.25) is 0 Å². The molecule has 1 heterocycles. The molecular weight excluding hydrogens is 409 g/mol. The third kappa shape index (κ3) is 5.50. The summed E-state index contributed by atoms with van der Waals surface area (Å²) < 4.78 is 48.5. The molecule has 30 heavy (non-hydrogen) atoms. The van der Waals surface area contributed by atoms with E-state index < -0.39 is 21.3 Å². The molecule has 1 fully saturated rings. The Bertz CT molecular complexity index is 1020. The first-order valence-corrected chi connectivity index (χ1v) is 11.5. The Hall–Kier alpha value is -2.61. The van der Waals surface area contributed by atoms with Gasteiger partial charge < -0.3 is 14.4 Å². The maximum Gasteiger partial charge on any atom is 0.410 e. The summed E-state index contributed by atoms with van der Waals surface area (Å²) >= 11 is 0. The van der Waals surface area contributed by atoms with Crippen molar-refractivity contribution in [2.45, 2.75) is 31.3 Å². The molecule has 0 N–H and O–H groups in total. The SMILES string of the molecule is CC(C)(C)OC(=O)N1CC(COc2ccc(-c3ccc(S(C)(=O)=O)cc3)cc2F)C1. The van der Waals surface area contributed by atoms with Crippen LogP contribution in [0.25, 0.3) is 11.1 Å². The highest BCUT2D eigenvalue weighted by Gasteiger charge is 2.34. The monoisotopic (exact) mass is 435 g/mol. The lowest BCUT2D eigenvalue weighted by atomic mass is 10.0. The molecule has 3 rings (SSSR count). The van der Waals surface area contributed by atoms with Gasteiger partial charge in [-0.25, -0.2) is 17.6 Å². The first-order chi connectivity index (χ1) is 13.9. The average Bonchev–Trinajstić information content (AvgIpc) is 2.59. The third-order valence-corrected chi connectivity index (χ3v) is 5.76. The van der Waals surface area contributed by atoms with Crippen LogP contribution in [0.5, 0.6) is 5.75 Å². The van der Waals surface area contributed by atoms with E-state index >= 15 is 0 Å². The quantitative estimate of drug-likeness (QED) is 0.706. The van der Waals surface area contributed by atoms with Crippen LogP contribution in [0.4, 0.5) is 9.18 Å². The fourth-order valence-corrected chi connectivity index (χ4v) is 3.68. The van der Waals surface area contributed by atoms with Crippen molar-refractivity contribution in [1.82, 2.24) is 4.90 Å². The molecule has 1 saturated heterocycles. The number of sulfone groups is 1. The summed E-state index contributed by atoms with van der Waals surface area (Å²) in [5.41, 5.74) is 0.800. The number of halogens is 1. The van der Waals surface area contributed by atoms with E-state index in [0.717, 1.165) is 6.26 Å². The van der Waals surface area contributed by atoms with E-state index in [9.17, 15) is 17.6 Å². The highest BCUT2D eigenvalue weighted by molar-refractivity contribution is 7.90. The van der Waals surface area contributed by atoms with Crippen LogP contribution in [0.3, 0.4) is 0 Å². The zero-order valence-electron chi connectivity index (χ0n) is 17.5. The molecule has 0 spiro atoms. The predicted molar refractivity (Wildman–Crippen MR) is 112 cm³/mol. The molecule has 8 heteroatoms. The second kappa shape index (κ2) is 8.26. The van der Waals surface area contributed by atoms with Crippen molar-refractivity contribution >= 4 is 15.9 Å². The number of likely N-dealkylation sites (tertiary alicyclic amines) is 1.